The third-order valence-corrected chi connectivity index (χ3v) is 4.42. The van der Waals surface area contributed by atoms with Crippen LogP contribution in [0.1, 0.15) is 29.4 Å². The van der Waals surface area contributed by atoms with Gasteiger partial charge in [0.25, 0.3) is 5.91 Å². The predicted octanol–water partition coefficient (Wildman–Crippen LogP) is 2.18. The van der Waals surface area contributed by atoms with E-state index in [0.717, 1.165) is 19.4 Å². The van der Waals surface area contributed by atoms with Crippen LogP contribution in [0.4, 0.5) is 0 Å². The Morgan fingerprint density at radius 3 is 2.95 bits per heavy atom. The molecule has 0 N–H and O–H groups in total. The molecule has 2 atom stereocenters. The highest BCUT2D eigenvalue weighted by atomic mass is 32.1. The van der Waals surface area contributed by atoms with Gasteiger partial charge in [-0.15, -0.1) is 11.3 Å². The first-order valence-electron chi connectivity index (χ1n) is 7.14. The van der Waals surface area contributed by atoms with Crippen molar-refractivity contribution in [1.82, 2.24) is 4.90 Å². The lowest BCUT2D eigenvalue weighted by atomic mass is 10.1. The van der Waals surface area contributed by atoms with Crippen molar-refractivity contribution in [3.63, 3.8) is 0 Å². The molecule has 116 valence electrons. The maximum absolute atomic E-state index is 12.6. The first-order valence-corrected chi connectivity index (χ1v) is 8.02. The summed E-state index contributed by atoms with van der Waals surface area (Å²) in [4.78, 5) is 26.6. The zero-order valence-corrected chi connectivity index (χ0v) is 13.2. The maximum atomic E-state index is 12.6. The molecule has 2 unspecified atom stereocenters. The van der Waals surface area contributed by atoms with Crippen LogP contribution in [0.3, 0.4) is 0 Å². The van der Waals surface area contributed by atoms with Gasteiger partial charge in [0.15, 0.2) is 0 Å². The van der Waals surface area contributed by atoms with Gasteiger partial charge in [-0.05, 0) is 24.3 Å². The van der Waals surface area contributed by atoms with E-state index in [-0.39, 0.29) is 23.9 Å². The minimum absolute atomic E-state index is 0.0451. The number of carbonyl (C=O) groups is 2. The molecule has 6 heteroatoms. The fraction of sp³-hybridized carbons (Fsp3) is 0.600. The Morgan fingerprint density at radius 1 is 1.57 bits per heavy atom. The Hall–Kier alpha value is -1.40. The van der Waals surface area contributed by atoms with Gasteiger partial charge in [-0.3, -0.25) is 9.59 Å². The van der Waals surface area contributed by atoms with E-state index in [0.29, 0.717) is 18.0 Å². The minimum Gasteiger partial charge on any atom is -0.469 e. The summed E-state index contributed by atoms with van der Waals surface area (Å²) >= 11 is 1.41. The van der Waals surface area contributed by atoms with E-state index in [1.807, 2.05) is 11.4 Å². The molecule has 0 radical (unpaired) electrons. The van der Waals surface area contributed by atoms with Crippen molar-refractivity contribution in [2.24, 2.45) is 5.92 Å². The van der Waals surface area contributed by atoms with Gasteiger partial charge in [-0.1, -0.05) is 13.0 Å². The Balaban J connectivity index is 2.05. The second kappa shape index (κ2) is 7.56. The molecular formula is C15H21NO4S. The second-order valence-corrected chi connectivity index (χ2v) is 6.19. The van der Waals surface area contributed by atoms with Crippen LogP contribution < -0.4 is 0 Å². The van der Waals surface area contributed by atoms with Gasteiger partial charge >= 0.3 is 5.97 Å². The highest BCUT2D eigenvalue weighted by molar-refractivity contribution is 7.12. The lowest BCUT2D eigenvalue weighted by Gasteiger charge is -2.27. The summed E-state index contributed by atoms with van der Waals surface area (Å²) in [6.07, 6.45) is 2.05. The first-order chi connectivity index (χ1) is 10.1. The molecular weight excluding hydrogens is 290 g/mol. The standard InChI is InChI=1S/C15H21NO4S/c1-11(15(18)19-2)9-16(10-12-5-3-7-20-12)14(17)13-6-4-8-21-13/h4,6,8,11-12H,3,5,7,9-10H2,1-2H3. The summed E-state index contributed by atoms with van der Waals surface area (Å²) in [6.45, 7) is 3.40. The Labute approximate surface area is 128 Å². The molecule has 1 saturated heterocycles. The minimum atomic E-state index is -0.347. The number of hydrogen-bond donors (Lipinski definition) is 0. The predicted molar refractivity (Wildman–Crippen MR) is 80.4 cm³/mol. The van der Waals surface area contributed by atoms with E-state index in [1.54, 1.807) is 17.9 Å². The molecule has 2 rings (SSSR count). The first kappa shape index (κ1) is 16.0. The summed E-state index contributed by atoms with van der Waals surface area (Å²) in [5.41, 5.74) is 0. The molecule has 1 aromatic heterocycles. The van der Waals surface area contributed by atoms with E-state index in [1.165, 1.54) is 18.4 Å². The van der Waals surface area contributed by atoms with Crippen molar-refractivity contribution in [2.45, 2.75) is 25.9 Å². The van der Waals surface area contributed by atoms with Gasteiger partial charge in [0.1, 0.15) is 0 Å². The van der Waals surface area contributed by atoms with Gasteiger partial charge in [-0.25, -0.2) is 0 Å². The number of carbonyl (C=O) groups excluding carboxylic acids is 2. The highest BCUT2D eigenvalue weighted by Crippen LogP contribution is 2.18. The molecule has 21 heavy (non-hydrogen) atoms. The largest absolute Gasteiger partial charge is 0.469 e. The van der Waals surface area contributed by atoms with Crippen LogP contribution in [0.5, 0.6) is 0 Å². The van der Waals surface area contributed by atoms with Crippen molar-refractivity contribution < 1.29 is 19.1 Å². The lowest BCUT2D eigenvalue weighted by Crippen LogP contribution is -2.41. The number of thiophene rings is 1. The van der Waals surface area contributed by atoms with E-state index in [4.69, 9.17) is 9.47 Å². The summed E-state index contributed by atoms with van der Waals surface area (Å²) in [7, 11) is 1.37. The number of nitrogens with zero attached hydrogens (tertiary/aromatic N) is 1. The summed E-state index contributed by atoms with van der Waals surface area (Å²) in [5, 5.41) is 1.88. The molecule has 1 aliphatic rings. The van der Waals surface area contributed by atoms with Crippen LogP contribution in [0.2, 0.25) is 0 Å². The number of amides is 1. The van der Waals surface area contributed by atoms with Gasteiger partial charge in [0.2, 0.25) is 0 Å². The fourth-order valence-electron chi connectivity index (χ4n) is 2.44. The van der Waals surface area contributed by atoms with Crippen molar-refractivity contribution >= 4 is 23.2 Å². The molecule has 5 nitrogen and oxygen atoms in total. The van der Waals surface area contributed by atoms with E-state index >= 15 is 0 Å². The Bertz CT molecular complexity index is 468. The molecule has 0 aromatic carbocycles. The normalized spacial score (nSPS) is 19.2. The third kappa shape index (κ3) is 4.28. The topological polar surface area (TPSA) is 55.8 Å². The van der Waals surface area contributed by atoms with Gasteiger partial charge in [0.05, 0.1) is 24.0 Å². The number of esters is 1. The quantitative estimate of drug-likeness (QED) is 0.756. The monoisotopic (exact) mass is 311 g/mol. The smallest absolute Gasteiger partial charge is 0.310 e. The van der Waals surface area contributed by atoms with Gasteiger partial charge in [-0.2, -0.15) is 0 Å². The van der Waals surface area contributed by atoms with E-state index in [2.05, 4.69) is 0 Å². The van der Waals surface area contributed by atoms with Crippen molar-refractivity contribution in [1.29, 1.82) is 0 Å². The summed E-state index contributed by atoms with van der Waals surface area (Å²) < 4.78 is 10.4. The number of methoxy groups -OCH3 is 1. The van der Waals surface area contributed by atoms with E-state index < -0.39 is 0 Å². The number of rotatable bonds is 6. The summed E-state index contributed by atoms with van der Waals surface area (Å²) in [6, 6.07) is 3.66. The van der Waals surface area contributed by atoms with Crippen LogP contribution in [-0.2, 0) is 14.3 Å². The number of hydrogen-bond acceptors (Lipinski definition) is 5. The van der Waals surface area contributed by atoms with Crippen LogP contribution in [0.15, 0.2) is 17.5 Å². The molecule has 0 saturated carbocycles. The zero-order valence-electron chi connectivity index (χ0n) is 12.4. The average molecular weight is 311 g/mol. The van der Waals surface area contributed by atoms with Crippen LogP contribution in [0, 0.1) is 5.92 Å². The van der Waals surface area contributed by atoms with Crippen molar-refractivity contribution in [3.8, 4) is 0 Å². The van der Waals surface area contributed by atoms with Gasteiger partial charge < -0.3 is 14.4 Å². The molecule has 1 aliphatic heterocycles. The van der Waals surface area contributed by atoms with Crippen LogP contribution in [-0.4, -0.2) is 49.7 Å². The second-order valence-electron chi connectivity index (χ2n) is 5.25. The van der Waals surface area contributed by atoms with Gasteiger partial charge in [0, 0.05) is 19.7 Å². The van der Waals surface area contributed by atoms with E-state index in [9.17, 15) is 9.59 Å². The maximum Gasteiger partial charge on any atom is 0.310 e. The molecule has 0 aliphatic carbocycles. The zero-order chi connectivity index (χ0) is 15.2. The molecule has 1 aromatic rings. The third-order valence-electron chi connectivity index (χ3n) is 3.56. The highest BCUT2D eigenvalue weighted by Gasteiger charge is 2.27. The lowest BCUT2D eigenvalue weighted by molar-refractivity contribution is -0.145. The Morgan fingerprint density at radius 2 is 2.38 bits per heavy atom. The molecule has 1 amide bonds. The van der Waals surface area contributed by atoms with Crippen LogP contribution >= 0.6 is 11.3 Å². The Kier molecular flexibility index (Phi) is 5.76. The van der Waals surface area contributed by atoms with Crippen LogP contribution in [0.25, 0.3) is 0 Å². The SMILES string of the molecule is COC(=O)C(C)CN(CC1CCCO1)C(=O)c1cccs1. The van der Waals surface area contributed by atoms with Crippen molar-refractivity contribution in [3.05, 3.63) is 22.4 Å². The molecule has 2 heterocycles. The average Bonchev–Trinajstić information content (AvgIpc) is 3.17. The molecule has 0 bridgehead atoms. The molecule has 1 fully saturated rings. The summed E-state index contributed by atoms with van der Waals surface area (Å²) in [5.74, 6) is -0.692. The van der Waals surface area contributed by atoms with Crippen molar-refractivity contribution in [2.75, 3.05) is 26.8 Å². The molecule has 0 spiro atoms. The fourth-order valence-corrected chi connectivity index (χ4v) is 3.13. The number of ether oxygens (including phenoxy) is 2.